The fourth-order valence-electron chi connectivity index (χ4n) is 1.80. The van der Waals surface area contributed by atoms with Crippen molar-refractivity contribution in [2.75, 3.05) is 5.32 Å². The molecule has 2 aromatic rings. The van der Waals surface area contributed by atoms with Crippen molar-refractivity contribution in [2.45, 2.75) is 12.9 Å². The van der Waals surface area contributed by atoms with Gasteiger partial charge in [-0.15, -0.1) is 37.1 Å². The van der Waals surface area contributed by atoms with Crippen molar-refractivity contribution in [3.05, 3.63) is 58.3 Å². The highest BCUT2D eigenvalue weighted by molar-refractivity contribution is 14.0. The Labute approximate surface area is 166 Å². The number of guanidine groups is 1. The van der Waals surface area contributed by atoms with E-state index in [0.29, 0.717) is 10.0 Å². The smallest absolute Gasteiger partial charge is 0.404 e. The molecule has 3 N–H and O–H groups in total. The zero-order valence-electron chi connectivity index (χ0n) is 12.5. The fourth-order valence-corrected chi connectivity index (χ4v) is 2.17. The van der Waals surface area contributed by atoms with Crippen LogP contribution in [0.25, 0.3) is 0 Å². The van der Waals surface area contributed by atoms with E-state index in [-0.39, 0.29) is 42.2 Å². The van der Waals surface area contributed by atoms with Crippen LogP contribution >= 0.6 is 39.9 Å². The van der Waals surface area contributed by atoms with E-state index in [9.17, 15) is 17.6 Å². The summed E-state index contributed by atoms with van der Waals surface area (Å²) in [6.07, 6.45) is -4.82. The number of hydrogen-bond acceptors (Lipinski definition) is 2. The lowest BCUT2D eigenvalue weighted by molar-refractivity contribution is -0.274. The molecule has 10 heteroatoms. The number of alkyl halides is 3. The number of nitrogens with zero attached hydrogens (tertiary/aromatic N) is 1. The van der Waals surface area contributed by atoms with Crippen molar-refractivity contribution in [1.29, 1.82) is 0 Å². The average Bonchev–Trinajstić information content (AvgIpc) is 2.49. The topological polar surface area (TPSA) is 59.6 Å². The summed E-state index contributed by atoms with van der Waals surface area (Å²) in [5.41, 5.74) is 6.22. The van der Waals surface area contributed by atoms with Gasteiger partial charge in [0.1, 0.15) is 5.82 Å². The molecule has 0 bridgehead atoms. The molecule has 2 rings (SSSR count). The lowest BCUT2D eigenvalue weighted by Crippen LogP contribution is -2.24. The Morgan fingerprint density at radius 1 is 1.20 bits per heavy atom. The fraction of sp³-hybridized carbons (Fsp3) is 0.133. The number of ether oxygens (including phenoxy) is 1. The summed E-state index contributed by atoms with van der Waals surface area (Å²) in [5.74, 6) is -1.00. The Hall–Kier alpha value is -1.56. The predicted molar refractivity (Wildman–Crippen MR) is 102 cm³/mol. The van der Waals surface area contributed by atoms with Crippen molar-refractivity contribution in [3.8, 4) is 5.75 Å². The van der Waals surface area contributed by atoms with E-state index in [0.717, 1.165) is 6.07 Å². The molecule has 0 atom stereocenters. The van der Waals surface area contributed by atoms with Gasteiger partial charge >= 0.3 is 6.36 Å². The minimum absolute atomic E-state index is 0. The molecule has 0 aliphatic rings. The van der Waals surface area contributed by atoms with Gasteiger partial charge in [-0.05, 0) is 35.9 Å². The lowest BCUT2D eigenvalue weighted by atomic mass is 10.2. The second-order valence-corrected chi connectivity index (χ2v) is 5.46. The lowest BCUT2D eigenvalue weighted by Gasteiger charge is -2.14. The van der Waals surface area contributed by atoms with Crippen molar-refractivity contribution < 1.29 is 22.3 Å². The molecule has 0 aliphatic heterocycles. The quantitative estimate of drug-likeness (QED) is 0.251. The molecule has 136 valence electrons. The van der Waals surface area contributed by atoms with E-state index < -0.39 is 17.9 Å². The van der Waals surface area contributed by atoms with Gasteiger partial charge in [0, 0.05) is 4.47 Å². The third-order valence-corrected chi connectivity index (χ3v) is 3.58. The number of para-hydroxylation sites is 2. The molecule has 0 aromatic heterocycles. The Morgan fingerprint density at radius 3 is 2.56 bits per heavy atom. The van der Waals surface area contributed by atoms with Gasteiger partial charge in [0.2, 0.25) is 0 Å². The summed E-state index contributed by atoms with van der Waals surface area (Å²) < 4.78 is 54.8. The Morgan fingerprint density at radius 2 is 1.88 bits per heavy atom. The number of nitrogens with one attached hydrogen (secondary N) is 1. The summed E-state index contributed by atoms with van der Waals surface area (Å²) in [5, 5.41) is 2.53. The van der Waals surface area contributed by atoms with Crippen LogP contribution < -0.4 is 15.8 Å². The van der Waals surface area contributed by atoms with Gasteiger partial charge in [-0.2, -0.15) is 0 Å². The molecular weight excluding hydrogens is 521 g/mol. The van der Waals surface area contributed by atoms with Crippen LogP contribution in [-0.2, 0) is 6.54 Å². The number of aliphatic imine (C=N–C) groups is 1. The van der Waals surface area contributed by atoms with Crippen LogP contribution in [-0.4, -0.2) is 12.3 Å². The van der Waals surface area contributed by atoms with E-state index in [1.54, 1.807) is 0 Å². The predicted octanol–water partition coefficient (Wildman–Crippen LogP) is 5.03. The van der Waals surface area contributed by atoms with E-state index in [2.05, 4.69) is 31.0 Å². The first kappa shape index (κ1) is 21.5. The maximum atomic E-state index is 13.2. The van der Waals surface area contributed by atoms with E-state index in [1.165, 1.54) is 36.4 Å². The molecule has 0 unspecified atom stereocenters. The molecule has 0 radical (unpaired) electrons. The molecule has 0 saturated heterocycles. The third kappa shape index (κ3) is 7.06. The first-order valence-electron chi connectivity index (χ1n) is 6.60. The second kappa shape index (κ2) is 9.22. The molecule has 0 spiro atoms. The van der Waals surface area contributed by atoms with Crippen molar-refractivity contribution >= 4 is 51.6 Å². The average molecular weight is 534 g/mol. The van der Waals surface area contributed by atoms with Gasteiger partial charge in [0.15, 0.2) is 11.7 Å². The number of rotatable bonds is 4. The van der Waals surface area contributed by atoms with Gasteiger partial charge in [0.05, 0.1) is 12.2 Å². The van der Waals surface area contributed by atoms with Crippen LogP contribution in [0.2, 0.25) is 0 Å². The number of halogens is 6. The largest absolute Gasteiger partial charge is 0.573 e. The monoisotopic (exact) mass is 533 g/mol. The number of benzene rings is 2. The van der Waals surface area contributed by atoms with Crippen molar-refractivity contribution in [2.24, 2.45) is 10.7 Å². The minimum atomic E-state index is -4.82. The third-order valence-electron chi connectivity index (χ3n) is 2.80. The van der Waals surface area contributed by atoms with E-state index in [4.69, 9.17) is 5.73 Å². The van der Waals surface area contributed by atoms with Gasteiger partial charge < -0.3 is 15.8 Å². The van der Waals surface area contributed by atoms with E-state index >= 15 is 0 Å². The number of nitrogens with two attached hydrogens (primary N) is 1. The molecule has 0 aliphatic carbocycles. The first-order valence-corrected chi connectivity index (χ1v) is 7.39. The standard InChI is InChI=1S/C15H12BrF4N3O.HI/c16-11-6-5-10(17)7-9(11)8-22-14(21)23-12-3-1-2-4-13(12)24-15(18,19)20;/h1-7H,8H2,(H3,21,22,23);1H. The van der Waals surface area contributed by atoms with Crippen LogP contribution in [0.4, 0.5) is 23.2 Å². The molecule has 0 heterocycles. The molecular formula is C15H13BrF4IN3O. The summed E-state index contributed by atoms with van der Waals surface area (Å²) in [7, 11) is 0. The molecule has 0 fully saturated rings. The van der Waals surface area contributed by atoms with E-state index in [1.807, 2.05) is 0 Å². The zero-order valence-corrected chi connectivity index (χ0v) is 16.4. The zero-order chi connectivity index (χ0) is 17.7. The van der Waals surface area contributed by atoms with Crippen molar-refractivity contribution in [3.63, 3.8) is 0 Å². The molecule has 0 amide bonds. The summed E-state index contributed by atoms with van der Waals surface area (Å²) >= 11 is 3.25. The molecule has 0 saturated carbocycles. The number of hydrogen-bond donors (Lipinski definition) is 2. The van der Waals surface area contributed by atoms with Gasteiger partial charge in [-0.25, -0.2) is 9.38 Å². The van der Waals surface area contributed by atoms with Gasteiger partial charge in [0.25, 0.3) is 0 Å². The van der Waals surface area contributed by atoms with Crippen LogP contribution in [0.1, 0.15) is 5.56 Å². The van der Waals surface area contributed by atoms with Crippen LogP contribution in [0.15, 0.2) is 51.9 Å². The van der Waals surface area contributed by atoms with Crippen LogP contribution in [0.5, 0.6) is 5.75 Å². The molecule has 4 nitrogen and oxygen atoms in total. The maximum Gasteiger partial charge on any atom is 0.573 e. The summed E-state index contributed by atoms with van der Waals surface area (Å²) in [4.78, 5) is 3.98. The first-order chi connectivity index (χ1) is 11.2. The summed E-state index contributed by atoms with van der Waals surface area (Å²) in [6.45, 7) is 0.0411. The highest BCUT2D eigenvalue weighted by Gasteiger charge is 2.32. The van der Waals surface area contributed by atoms with Crippen LogP contribution in [0, 0.1) is 5.82 Å². The normalized spacial score (nSPS) is 11.6. The maximum absolute atomic E-state index is 13.2. The summed E-state index contributed by atoms with van der Waals surface area (Å²) in [6, 6.07) is 9.50. The Kier molecular flexibility index (Phi) is 7.93. The SMILES string of the molecule is I.NC(=NCc1cc(F)ccc1Br)Nc1ccccc1OC(F)(F)F. The molecule has 25 heavy (non-hydrogen) atoms. The van der Waals surface area contributed by atoms with Crippen LogP contribution in [0.3, 0.4) is 0 Å². The Bertz CT molecular complexity index is 756. The highest BCUT2D eigenvalue weighted by Crippen LogP contribution is 2.29. The minimum Gasteiger partial charge on any atom is -0.404 e. The molecule has 2 aromatic carbocycles. The van der Waals surface area contributed by atoms with Crippen molar-refractivity contribution in [1.82, 2.24) is 0 Å². The van der Waals surface area contributed by atoms with Gasteiger partial charge in [-0.3, -0.25) is 0 Å². The highest BCUT2D eigenvalue weighted by atomic mass is 127. The number of anilines is 1. The Balaban J connectivity index is 0.00000312. The second-order valence-electron chi connectivity index (χ2n) is 4.61. The van der Waals surface area contributed by atoms with Gasteiger partial charge in [-0.1, -0.05) is 28.1 Å².